The smallest absolute Gasteiger partial charge is 0.273 e. The highest BCUT2D eigenvalue weighted by molar-refractivity contribution is 7.13. The third-order valence-electron chi connectivity index (χ3n) is 3.13. The quantitative estimate of drug-likeness (QED) is 0.714. The van der Waals surface area contributed by atoms with Crippen LogP contribution in [0.3, 0.4) is 0 Å². The third kappa shape index (κ3) is 3.21. The van der Waals surface area contributed by atoms with Crippen molar-refractivity contribution in [3.63, 3.8) is 0 Å². The summed E-state index contributed by atoms with van der Waals surface area (Å²) >= 11 is 7.31. The zero-order valence-corrected chi connectivity index (χ0v) is 13.4. The van der Waals surface area contributed by atoms with Crippen LogP contribution in [0.4, 0.5) is 0 Å². The highest BCUT2D eigenvalue weighted by Crippen LogP contribution is 2.25. The molecule has 0 unspecified atom stereocenters. The molecule has 3 aromatic rings. The molecule has 22 heavy (non-hydrogen) atoms. The number of aromatic nitrogens is 1. The molecule has 0 aliphatic heterocycles. The van der Waals surface area contributed by atoms with Gasteiger partial charge in [-0.25, -0.2) is 4.98 Å². The summed E-state index contributed by atoms with van der Waals surface area (Å²) < 4.78 is 5.25. The number of furan rings is 1. The molecule has 0 aliphatic carbocycles. The second kappa shape index (κ2) is 6.34. The molecule has 0 spiro atoms. The summed E-state index contributed by atoms with van der Waals surface area (Å²) in [5, 5.41) is 3.24. The van der Waals surface area contributed by atoms with Crippen LogP contribution in [0.25, 0.3) is 10.6 Å². The van der Waals surface area contributed by atoms with Crippen molar-refractivity contribution in [2.75, 3.05) is 7.05 Å². The number of thiazole rings is 1. The Labute approximate surface area is 137 Å². The van der Waals surface area contributed by atoms with E-state index in [1.165, 1.54) is 11.3 Å². The highest BCUT2D eigenvalue weighted by Gasteiger charge is 2.17. The molecule has 3 rings (SSSR count). The number of rotatable bonds is 4. The molecule has 0 fully saturated rings. The molecule has 1 amide bonds. The third-order valence-corrected chi connectivity index (χ3v) is 4.28. The molecule has 0 saturated carbocycles. The molecule has 4 nitrogen and oxygen atoms in total. The number of amides is 1. The van der Waals surface area contributed by atoms with Gasteiger partial charge < -0.3 is 9.32 Å². The minimum absolute atomic E-state index is 0.132. The Bertz CT molecular complexity index is 766. The molecule has 0 bridgehead atoms. The van der Waals surface area contributed by atoms with Gasteiger partial charge in [0, 0.05) is 23.0 Å². The average molecular weight is 333 g/mol. The SMILES string of the molecule is CN(Cc1ccco1)C(=O)c1csc(-c2ccc(Cl)cc2)n1. The molecule has 2 heterocycles. The van der Waals surface area contributed by atoms with E-state index in [4.69, 9.17) is 16.0 Å². The minimum atomic E-state index is -0.132. The first-order chi connectivity index (χ1) is 10.6. The van der Waals surface area contributed by atoms with Crippen molar-refractivity contribution in [2.45, 2.75) is 6.54 Å². The van der Waals surface area contributed by atoms with Crippen LogP contribution >= 0.6 is 22.9 Å². The largest absolute Gasteiger partial charge is 0.467 e. The first kappa shape index (κ1) is 14.8. The molecule has 0 saturated heterocycles. The van der Waals surface area contributed by atoms with E-state index in [1.54, 1.807) is 29.7 Å². The van der Waals surface area contributed by atoms with E-state index in [1.807, 2.05) is 30.3 Å². The predicted octanol–water partition coefficient (Wildman–Crippen LogP) is 4.33. The molecular formula is C16H13ClN2O2S. The maximum Gasteiger partial charge on any atom is 0.273 e. The van der Waals surface area contributed by atoms with E-state index in [9.17, 15) is 4.79 Å². The van der Waals surface area contributed by atoms with Crippen molar-refractivity contribution < 1.29 is 9.21 Å². The lowest BCUT2D eigenvalue weighted by molar-refractivity contribution is 0.0770. The summed E-state index contributed by atoms with van der Waals surface area (Å²) in [5.41, 5.74) is 1.38. The fourth-order valence-electron chi connectivity index (χ4n) is 2.00. The number of carbonyl (C=O) groups is 1. The summed E-state index contributed by atoms with van der Waals surface area (Å²) in [6, 6.07) is 11.0. The van der Waals surface area contributed by atoms with E-state index in [0.717, 1.165) is 16.3 Å². The number of halogens is 1. The van der Waals surface area contributed by atoms with Crippen LogP contribution in [-0.2, 0) is 6.54 Å². The van der Waals surface area contributed by atoms with Crippen LogP contribution in [-0.4, -0.2) is 22.8 Å². The fraction of sp³-hybridized carbons (Fsp3) is 0.125. The summed E-state index contributed by atoms with van der Waals surface area (Å²) in [6.45, 7) is 0.416. The standard InChI is InChI=1S/C16H13ClN2O2S/c1-19(9-13-3-2-8-21-13)16(20)14-10-22-15(18-14)11-4-6-12(17)7-5-11/h2-8,10H,9H2,1H3. The second-order valence-corrected chi connectivity index (χ2v) is 6.08. The Kier molecular flexibility index (Phi) is 4.27. The van der Waals surface area contributed by atoms with Gasteiger partial charge in [0.15, 0.2) is 0 Å². The van der Waals surface area contributed by atoms with Crippen molar-refractivity contribution in [1.82, 2.24) is 9.88 Å². The van der Waals surface area contributed by atoms with Gasteiger partial charge in [-0.3, -0.25) is 4.79 Å². The Morgan fingerprint density at radius 2 is 2.09 bits per heavy atom. The molecule has 0 radical (unpaired) electrons. The van der Waals surface area contributed by atoms with Crippen molar-refractivity contribution in [2.24, 2.45) is 0 Å². The highest BCUT2D eigenvalue weighted by atomic mass is 35.5. The van der Waals surface area contributed by atoms with Gasteiger partial charge in [-0.1, -0.05) is 23.7 Å². The number of benzene rings is 1. The van der Waals surface area contributed by atoms with Crippen molar-refractivity contribution in [3.8, 4) is 10.6 Å². The number of carbonyl (C=O) groups excluding carboxylic acids is 1. The first-order valence-electron chi connectivity index (χ1n) is 6.63. The lowest BCUT2D eigenvalue weighted by Crippen LogP contribution is -2.26. The van der Waals surface area contributed by atoms with Crippen LogP contribution in [0, 0.1) is 0 Å². The topological polar surface area (TPSA) is 46.3 Å². The van der Waals surface area contributed by atoms with Crippen LogP contribution in [0.1, 0.15) is 16.2 Å². The van der Waals surface area contributed by atoms with Gasteiger partial charge >= 0.3 is 0 Å². The monoisotopic (exact) mass is 332 g/mol. The Hall–Kier alpha value is -2.11. The molecule has 0 N–H and O–H groups in total. The first-order valence-corrected chi connectivity index (χ1v) is 7.88. The van der Waals surface area contributed by atoms with Crippen LogP contribution in [0.2, 0.25) is 5.02 Å². The number of hydrogen-bond donors (Lipinski definition) is 0. The fourth-order valence-corrected chi connectivity index (χ4v) is 2.93. The summed E-state index contributed by atoms with van der Waals surface area (Å²) in [4.78, 5) is 18.4. The molecule has 2 aromatic heterocycles. The van der Waals surface area contributed by atoms with Gasteiger partial charge in [-0.2, -0.15) is 0 Å². The molecule has 6 heteroatoms. The van der Waals surface area contributed by atoms with E-state index < -0.39 is 0 Å². The van der Waals surface area contributed by atoms with Gasteiger partial charge in [0.2, 0.25) is 0 Å². The molecule has 1 aromatic carbocycles. The maximum atomic E-state index is 12.4. The van der Waals surface area contributed by atoms with Crippen molar-refractivity contribution in [3.05, 3.63) is 64.5 Å². The normalized spacial score (nSPS) is 10.6. The van der Waals surface area contributed by atoms with Crippen LogP contribution in [0.15, 0.2) is 52.5 Å². The zero-order chi connectivity index (χ0) is 15.5. The lowest BCUT2D eigenvalue weighted by Gasteiger charge is -2.13. The predicted molar refractivity (Wildman–Crippen MR) is 87.1 cm³/mol. The number of hydrogen-bond acceptors (Lipinski definition) is 4. The lowest BCUT2D eigenvalue weighted by atomic mass is 10.2. The zero-order valence-electron chi connectivity index (χ0n) is 11.8. The van der Waals surface area contributed by atoms with Gasteiger partial charge in [-0.05, 0) is 24.3 Å². The summed E-state index contributed by atoms with van der Waals surface area (Å²) in [6.07, 6.45) is 1.59. The number of nitrogens with zero attached hydrogens (tertiary/aromatic N) is 2. The maximum absolute atomic E-state index is 12.4. The Morgan fingerprint density at radius 3 is 2.77 bits per heavy atom. The van der Waals surface area contributed by atoms with Gasteiger partial charge in [0.1, 0.15) is 16.5 Å². The molecule has 0 atom stereocenters. The minimum Gasteiger partial charge on any atom is -0.467 e. The molecule has 0 aliphatic rings. The van der Waals surface area contributed by atoms with Crippen LogP contribution in [0.5, 0.6) is 0 Å². The van der Waals surface area contributed by atoms with E-state index >= 15 is 0 Å². The van der Waals surface area contributed by atoms with E-state index in [-0.39, 0.29) is 5.91 Å². The van der Waals surface area contributed by atoms with Gasteiger partial charge in [0.25, 0.3) is 5.91 Å². The Morgan fingerprint density at radius 1 is 1.32 bits per heavy atom. The summed E-state index contributed by atoms with van der Waals surface area (Å²) in [7, 11) is 1.73. The molecule has 112 valence electrons. The van der Waals surface area contributed by atoms with E-state index in [2.05, 4.69) is 4.98 Å². The average Bonchev–Trinajstić information content (AvgIpc) is 3.18. The van der Waals surface area contributed by atoms with Crippen molar-refractivity contribution >= 4 is 28.8 Å². The van der Waals surface area contributed by atoms with Crippen LogP contribution < -0.4 is 0 Å². The second-order valence-electron chi connectivity index (χ2n) is 4.79. The van der Waals surface area contributed by atoms with Gasteiger partial charge in [-0.15, -0.1) is 11.3 Å². The Balaban J connectivity index is 1.75. The van der Waals surface area contributed by atoms with Crippen molar-refractivity contribution in [1.29, 1.82) is 0 Å². The van der Waals surface area contributed by atoms with E-state index in [0.29, 0.717) is 17.3 Å². The molecular weight excluding hydrogens is 320 g/mol. The summed E-state index contributed by atoms with van der Waals surface area (Å²) in [5.74, 6) is 0.608. The van der Waals surface area contributed by atoms with Gasteiger partial charge in [0.05, 0.1) is 12.8 Å².